The van der Waals surface area contributed by atoms with Crippen molar-refractivity contribution < 1.29 is 17.6 Å². The molecule has 1 N–H and O–H groups in total. The molecule has 0 spiro atoms. The molecular formula is C13H16Cl2FNO3S. The zero-order valence-electron chi connectivity index (χ0n) is 11.6. The molecule has 0 saturated heterocycles. The number of carbonyl (C=O) groups is 1. The van der Waals surface area contributed by atoms with E-state index in [-0.39, 0.29) is 10.6 Å². The minimum Gasteiger partial charge on any atom is -0.352 e. The molecule has 0 aliphatic carbocycles. The standard InChI is InChI=1S/C13H16Cl2FNO3S/c1-8(2)4-3-5-17-13(18)9-6-12(21(15,19)20)11(16)7-10(9)14/h6-8H,3-5H2,1-2H3,(H,17,18). The van der Waals surface area contributed by atoms with Crippen molar-refractivity contribution in [3.63, 3.8) is 0 Å². The van der Waals surface area contributed by atoms with E-state index in [1.165, 1.54) is 0 Å². The first-order valence-electron chi connectivity index (χ1n) is 6.35. The normalized spacial score (nSPS) is 11.7. The van der Waals surface area contributed by atoms with Crippen LogP contribution in [0.25, 0.3) is 0 Å². The number of hydrogen-bond acceptors (Lipinski definition) is 3. The molecular weight excluding hydrogens is 340 g/mol. The molecule has 0 radical (unpaired) electrons. The van der Waals surface area contributed by atoms with Crippen LogP contribution in [-0.2, 0) is 9.05 Å². The van der Waals surface area contributed by atoms with E-state index in [0.29, 0.717) is 12.5 Å². The number of nitrogens with one attached hydrogen (secondary N) is 1. The summed E-state index contributed by atoms with van der Waals surface area (Å²) in [4.78, 5) is 11.2. The summed E-state index contributed by atoms with van der Waals surface area (Å²) in [7, 11) is 0.828. The predicted molar refractivity (Wildman–Crippen MR) is 80.9 cm³/mol. The van der Waals surface area contributed by atoms with Gasteiger partial charge in [-0.3, -0.25) is 4.79 Å². The summed E-state index contributed by atoms with van der Waals surface area (Å²) < 4.78 is 36.0. The van der Waals surface area contributed by atoms with Crippen LogP contribution in [0, 0.1) is 11.7 Å². The van der Waals surface area contributed by atoms with Gasteiger partial charge in [0.05, 0.1) is 10.6 Å². The lowest BCUT2D eigenvalue weighted by molar-refractivity contribution is 0.0952. The Bertz CT molecular complexity index is 633. The van der Waals surface area contributed by atoms with Crippen molar-refractivity contribution >= 4 is 37.2 Å². The van der Waals surface area contributed by atoms with Gasteiger partial charge in [0.15, 0.2) is 0 Å². The molecule has 21 heavy (non-hydrogen) atoms. The highest BCUT2D eigenvalue weighted by atomic mass is 35.7. The van der Waals surface area contributed by atoms with Crippen LogP contribution in [0.4, 0.5) is 4.39 Å². The summed E-state index contributed by atoms with van der Waals surface area (Å²) >= 11 is 5.77. The lowest BCUT2D eigenvalue weighted by Gasteiger charge is -2.09. The molecule has 1 aromatic rings. The highest BCUT2D eigenvalue weighted by Gasteiger charge is 2.21. The quantitative estimate of drug-likeness (QED) is 0.626. The Morgan fingerprint density at radius 3 is 2.52 bits per heavy atom. The fourth-order valence-electron chi connectivity index (χ4n) is 1.70. The van der Waals surface area contributed by atoms with Crippen molar-refractivity contribution in [2.24, 2.45) is 5.92 Å². The highest BCUT2D eigenvalue weighted by Crippen LogP contribution is 2.26. The van der Waals surface area contributed by atoms with Gasteiger partial charge in [0.2, 0.25) is 0 Å². The molecule has 0 aromatic heterocycles. The fraction of sp³-hybridized carbons (Fsp3) is 0.462. The van der Waals surface area contributed by atoms with Crippen molar-refractivity contribution in [2.45, 2.75) is 31.6 Å². The van der Waals surface area contributed by atoms with E-state index < -0.39 is 25.7 Å². The van der Waals surface area contributed by atoms with Gasteiger partial charge < -0.3 is 5.32 Å². The van der Waals surface area contributed by atoms with Crippen molar-refractivity contribution in [1.82, 2.24) is 5.32 Å². The minimum atomic E-state index is -4.28. The van der Waals surface area contributed by atoms with Crippen LogP contribution < -0.4 is 5.32 Å². The lowest BCUT2D eigenvalue weighted by atomic mass is 10.1. The Morgan fingerprint density at radius 2 is 2.00 bits per heavy atom. The van der Waals surface area contributed by atoms with Gasteiger partial charge in [-0.2, -0.15) is 0 Å². The molecule has 0 aliphatic rings. The van der Waals surface area contributed by atoms with E-state index >= 15 is 0 Å². The Labute approximate surface area is 133 Å². The fourth-order valence-corrected chi connectivity index (χ4v) is 2.84. The van der Waals surface area contributed by atoms with E-state index in [0.717, 1.165) is 25.0 Å². The molecule has 0 bridgehead atoms. The van der Waals surface area contributed by atoms with Gasteiger partial charge in [0.25, 0.3) is 15.0 Å². The van der Waals surface area contributed by atoms with Gasteiger partial charge in [-0.05, 0) is 30.9 Å². The van der Waals surface area contributed by atoms with Crippen molar-refractivity contribution in [3.8, 4) is 0 Å². The first-order chi connectivity index (χ1) is 9.62. The minimum absolute atomic E-state index is 0.123. The molecule has 0 atom stereocenters. The molecule has 0 aliphatic heterocycles. The SMILES string of the molecule is CC(C)CCCNC(=O)c1cc(S(=O)(=O)Cl)c(F)cc1Cl. The molecule has 118 valence electrons. The summed E-state index contributed by atoms with van der Waals surface area (Å²) in [5.41, 5.74) is -0.123. The second-order valence-corrected chi connectivity index (χ2v) is 7.93. The number of benzene rings is 1. The molecule has 1 amide bonds. The van der Waals surface area contributed by atoms with E-state index in [4.69, 9.17) is 22.3 Å². The summed E-state index contributed by atoms with van der Waals surface area (Å²) in [6.45, 7) is 4.56. The van der Waals surface area contributed by atoms with Gasteiger partial charge in [-0.1, -0.05) is 25.4 Å². The first kappa shape index (κ1) is 18.2. The topological polar surface area (TPSA) is 63.2 Å². The van der Waals surface area contributed by atoms with E-state index in [1.54, 1.807) is 0 Å². The lowest BCUT2D eigenvalue weighted by Crippen LogP contribution is -2.25. The Kier molecular flexibility index (Phi) is 6.43. The van der Waals surface area contributed by atoms with Gasteiger partial charge in [0, 0.05) is 17.2 Å². The smallest absolute Gasteiger partial charge is 0.264 e. The Morgan fingerprint density at radius 1 is 1.38 bits per heavy atom. The monoisotopic (exact) mass is 355 g/mol. The Hall–Kier alpha value is -0.850. The van der Waals surface area contributed by atoms with Crippen LogP contribution >= 0.6 is 22.3 Å². The van der Waals surface area contributed by atoms with Crippen LogP contribution in [-0.4, -0.2) is 20.9 Å². The number of hydrogen-bond donors (Lipinski definition) is 1. The van der Waals surface area contributed by atoms with Crippen molar-refractivity contribution in [1.29, 1.82) is 0 Å². The van der Waals surface area contributed by atoms with Gasteiger partial charge >= 0.3 is 0 Å². The third kappa shape index (κ3) is 5.45. The summed E-state index contributed by atoms with van der Waals surface area (Å²) in [5, 5.41) is 2.44. The van der Waals surface area contributed by atoms with Gasteiger partial charge in [-0.25, -0.2) is 12.8 Å². The van der Waals surface area contributed by atoms with Crippen LogP contribution in [0.15, 0.2) is 17.0 Å². The van der Waals surface area contributed by atoms with Gasteiger partial charge in [-0.15, -0.1) is 0 Å². The number of halogens is 3. The van der Waals surface area contributed by atoms with E-state index in [1.807, 2.05) is 0 Å². The van der Waals surface area contributed by atoms with Crippen LogP contribution in [0.3, 0.4) is 0 Å². The average molecular weight is 356 g/mol. The van der Waals surface area contributed by atoms with E-state index in [2.05, 4.69) is 19.2 Å². The number of amides is 1. The largest absolute Gasteiger partial charge is 0.352 e. The van der Waals surface area contributed by atoms with Crippen molar-refractivity contribution in [3.05, 3.63) is 28.5 Å². The molecule has 0 unspecified atom stereocenters. The average Bonchev–Trinajstić information content (AvgIpc) is 2.32. The van der Waals surface area contributed by atoms with Crippen LogP contribution in [0.5, 0.6) is 0 Å². The maximum atomic E-state index is 13.5. The summed E-state index contributed by atoms with van der Waals surface area (Å²) in [5.74, 6) is -1.14. The molecule has 1 aromatic carbocycles. The predicted octanol–water partition coefficient (Wildman–Crippen LogP) is 3.57. The molecule has 0 saturated carbocycles. The molecule has 1 rings (SSSR count). The molecule has 4 nitrogen and oxygen atoms in total. The molecule has 0 heterocycles. The highest BCUT2D eigenvalue weighted by molar-refractivity contribution is 8.13. The first-order valence-corrected chi connectivity index (χ1v) is 9.03. The van der Waals surface area contributed by atoms with Gasteiger partial charge in [0.1, 0.15) is 10.7 Å². The second-order valence-electron chi connectivity index (χ2n) is 4.99. The zero-order chi connectivity index (χ0) is 16.2. The summed E-state index contributed by atoms with van der Waals surface area (Å²) in [6, 6.07) is 1.61. The molecule has 0 fully saturated rings. The maximum absolute atomic E-state index is 13.5. The third-order valence-electron chi connectivity index (χ3n) is 2.77. The van der Waals surface area contributed by atoms with Crippen LogP contribution in [0.1, 0.15) is 37.0 Å². The van der Waals surface area contributed by atoms with Crippen LogP contribution in [0.2, 0.25) is 5.02 Å². The molecule has 8 heteroatoms. The maximum Gasteiger partial charge on any atom is 0.264 e. The van der Waals surface area contributed by atoms with E-state index in [9.17, 15) is 17.6 Å². The number of carbonyl (C=O) groups excluding carboxylic acids is 1. The number of rotatable bonds is 6. The zero-order valence-corrected chi connectivity index (χ0v) is 13.9. The third-order valence-corrected chi connectivity index (χ3v) is 4.42. The Balaban J connectivity index is 2.90. The second kappa shape index (κ2) is 7.42. The summed E-state index contributed by atoms with van der Waals surface area (Å²) in [6.07, 6.45) is 1.72. The van der Waals surface area contributed by atoms with Crippen molar-refractivity contribution in [2.75, 3.05) is 6.54 Å².